The zero-order chi connectivity index (χ0) is 10.0. The molecule has 0 atom stereocenters. The zero-order valence-corrected chi connectivity index (χ0v) is 7.41. The number of halogens is 1. The first-order valence-corrected chi connectivity index (χ1v) is 3.58. The fraction of sp³-hybridized carbons (Fsp3) is 0.167. The number of nitrogens with two attached hydrogens (primary N) is 1. The molecule has 0 unspecified atom stereocenters. The number of ether oxygens (including phenoxy) is 1. The van der Waals surface area contributed by atoms with Gasteiger partial charge in [0.15, 0.2) is 16.6 Å². The molecule has 13 heavy (non-hydrogen) atoms. The third kappa shape index (κ3) is 1.62. The minimum Gasteiger partial charge on any atom is -0.491 e. The van der Waals surface area contributed by atoms with Crippen LogP contribution in [0.15, 0.2) is 6.20 Å². The molecule has 0 aliphatic carbocycles. The Labute approximate surface area is 78.4 Å². The van der Waals surface area contributed by atoms with Crippen LogP contribution in [0.5, 0.6) is 5.75 Å². The fourth-order valence-electron chi connectivity index (χ4n) is 0.813. The molecule has 0 spiro atoms. The molecule has 0 saturated carbocycles. The normalized spacial score (nSPS) is 9.69. The molecular formula is C6H6ClN3O3. The standard InChI is InChI=1S/C6H6ClN3O3/c1-13-5-4(8)3(10(11)12)2-9-6(5)7/h2H,1H3,(H2,8,9). The third-order valence-corrected chi connectivity index (χ3v) is 1.68. The highest BCUT2D eigenvalue weighted by molar-refractivity contribution is 6.31. The van der Waals surface area contributed by atoms with Crippen LogP contribution in [-0.4, -0.2) is 17.0 Å². The summed E-state index contributed by atoms with van der Waals surface area (Å²) in [7, 11) is 1.31. The molecule has 1 aromatic heterocycles. The summed E-state index contributed by atoms with van der Waals surface area (Å²) in [4.78, 5) is 13.3. The van der Waals surface area contributed by atoms with Crippen molar-refractivity contribution < 1.29 is 9.66 Å². The van der Waals surface area contributed by atoms with Gasteiger partial charge in [-0.3, -0.25) is 10.1 Å². The van der Waals surface area contributed by atoms with Gasteiger partial charge in [0.1, 0.15) is 6.20 Å². The van der Waals surface area contributed by atoms with Gasteiger partial charge in [-0.15, -0.1) is 0 Å². The van der Waals surface area contributed by atoms with Crippen molar-refractivity contribution in [3.05, 3.63) is 21.5 Å². The van der Waals surface area contributed by atoms with Crippen molar-refractivity contribution in [2.45, 2.75) is 0 Å². The number of aromatic nitrogens is 1. The van der Waals surface area contributed by atoms with E-state index in [-0.39, 0.29) is 22.3 Å². The molecular weight excluding hydrogens is 198 g/mol. The van der Waals surface area contributed by atoms with Gasteiger partial charge in [0, 0.05) is 0 Å². The summed E-state index contributed by atoms with van der Waals surface area (Å²) in [5.74, 6) is 0.0240. The van der Waals surface area contributed by atoms with E-state index in [1.165, 1.54) is 7.11 Å². The van der Waals surface area contributed by atoms with Gasteiger partial charge in [-0.25, -0.2) is 4.98 Å². The Bertz CT molecular complexity index is 355. The molecule has 1 heterocycles. The number of hydrogen-bond acceptors (Lipinski definition) is 5. The van der Waals surface area contributed by atoms with Gasteiger partial charge in [-0.2, -0.15) is 0 Å². The number of methoxy groups -OCH3 is 1. The van der Waals surface area contributed by atoms with Gasteiger partial charge in [-0.05, 0) is 0 Å². The Morgan fingerprint density at radius 2 is 2.38 bits per heavy atom. The smallest absolute Gasteiger partial charge is 0.314 e. The highest BCUT2D eigenvalue weighted by Gasteiger charge is 2.19. The van der Waals surface area contributed by atoms with E-state index in [1.54, 1.807) is 0 Å². The van der Waals surface area contributed by atoms with Gasteiger partial charge in [0.05, 0.1) is 12.0 Å². The lowest BCUT2D eigenvalue weighted by molar-refractivity contribution is -0.384. The van der Waals surface area contributed by atoms with E-state index in [4.69, 9.17) is 22.1 Å². The van der Waals surface area contributed by atoms with Crippen LogP contribution in [-0.2, 0) is 0 Å². The second-order valence-electron chi connectivity index (χ2n) is 2.14. The summed E-state index contributed by atoms with van der Waals surface area (Å²) >= 11 is 5.57. The molecule has 0 radical (unpaired) electrons. The van der Waals surface area contributed by atoms with Crippen LogP contribution < -0.4 is 10.5 Å². The van der Waals surface area contributed by atoms with Gasteiger partial charge in [-0.1, -0.05) is 11.6 Å². The summed E-state index contributed by atoms with van der Waals surface area (Å²) in [6.07, 6.45) is 0.986. The van der Waals surface area contributed by atoms with Crippen LogP contribution in [0.1, 0.15) is 0 Å². The van der Waals surface area contributed by atoms with Crippen molar-refractivity contribution in [1.29, 1.82) is 0 Å². The van der Waals surface area contributed by atoms with Crippen molar-refractivity contribution in [2.24, 2.45) is 0 Å². The van der Waals surface area contributed by atoms with Gasteiger partial charge in [0.25, 0.3) is 0 Å². The van der Waals surface area contributed by atoms with Gasteiger partial charge in [0.2, 0.25) is 0 Å². The number of anilines is 1. The van der Waals surface area contributed by atoms with E-state index in [1.807, 2.05) is 0 Å². The van der Waals surface area contributed by atoms with Crippen LogP contribution in [0.25, 0.3) is 0 Å². The zero-order valence-electron chi connectivity index (χ0n) is 6.65. The number of nitro groups is 1. The Hall–Kier alpha value is -1.56. The van der Waals surface area contributed by atoms with Crippen LogP contribution in [0.3, 0.4) is 0 Å². The molecule has 0 aliphatic rings. The average Bonchev–Trinajstić information content (AvgIpc) is 2.04. The van der Waals surface area contributed by atoms with Crippen LogP contribution >= 0.6 is 11.6 Å². The first kappa shape index (κ1) is 9.53. The second-order valence-corrected chi connectivity index (χ2v) is 2.50. The monoisotopic (exact) mass is 203 g/mol. The Kier molecular flexibility index (Phi) is 2.52. The van der Waals surface area contributed by atoms with E-state index in [9.17, 15) is 10.1 Å². The summed E-state index contributed by atoms with van der Waals surface area (Å²) in [6.45, 7) is 0. The summed E-state index contributed by atoms with van der Waals surface area (Å²) in [6, 6.07) is 0. The lowest BCUT2D eigenvalue weighted by atomic mass is 10.3. The first-order valence-electron chi connectivity index (χ1n) is 3.20. The maximum atomic E-state index is 10.4. The maximum absolute atomic E-state index is 10.4. The van der Waals surface area contributed by atoms with Crippen molar-refractivity contribution in [3.8, 4) is 5.75 Å². The summed E-state index contributed by atoms with van der Waals surface area (Å²) in [5.41, 5.74) is 4.97. The van der Waals surface area contributed by atoms with Crippen molar-refractivity contribution in [2.75, 3.05) is 12.8 Å². The second kappa shape index (κ2) is 3.44. The highest BCUT2D eigenvalue weighted by Crippen LogP contribution is 2.35. The minimum atomic E-state index is -0.652. The topological polar surface area (TPSA) is 91.3 Å². The maximum Gasteiger partial charge on any atom is 0.314 e. The number of nitrogen functional groups attached to an aromatic ring is 1. The van der Waals surface area contributed by atoms with E-state index < -0.39 is 4.92 Å². The summed E-state index contributed by atoms with van der Waals surface area (Å²) < 4.78 is 4.74. The number of pyridine rings is 1. The molecule has 1 rings (SSSR count). The molecule has 0 fully saturated rings. The van der Waals surface area contributed by atoms with E-state index in [0.717, 1.165) is 6.20 Å². The minimum absolute atomic E-state index is 0.00519. The largest absolute Gasteiger partial charge is 0.491 e. The van der Waals surface area contributed by atoms with Crippen molar-refractivity contribution in [1.82, 2.24) is 4.98 Å². The quantitative estimate of drug-likeness (QED) is 0.444. The van der Waals surface area contributed by atoms with Gasteiger partial charge >= 0.3 is 5.69 Å². The van der Waals surface area contributed by atoms with Crippen molar-refractivity contribution in [3.63, 3.8) is 0 Å². The highest BCUT2D eigenvalue weighted by atomic mass is 35.5. The number of hydrogen-bond donors (Lipinski definition) is 1. The Morgan fingerprint density at radius 1 is 1.77 bits per heavy atom. The molecule has 0 aliphatic heterocycles. The average molecular weight is 204 g/mol. The van der Waals surface area contributed by atoms with Crippen LogP contribution in [0.4, 0.5) is 11.4 Å². The first-order chi connectivity index (χ1) is 6.07. The molecule has 2 N–H and O–H groups in total. The van der Waals surface area contributed by atoms with E-state index in [2.05, 4.69) is 4.98 Å². The van der Waals surface area contributed by atoms with E-state index >= 15 is 0 Å². The Balaban J connectivity index is 3.35. The molecule has 1 aromatic rings. The fourth-order valence-corrected chi connectivity index (χ4v) is 1.04. The number of rotatable bonds is 2. The molecule has 0 saturated heterocycles. The predicted molar refractivity (Wildman–Crippen MR) is 46.9 cm³/mol. The van der Waals surface area contributed by atoms with Crippen LogP contribution in [0.2, 0.25) is 5.15 Å². The molecule has 0 amide bonds. The van der Waals surface area contributed by atoms with E-state index in [0.29, 0.717) is 0 Å². The number of nitrogens with zero attached hydrogens (tertiary/aromatic N) is 2. The predicted octanol–water partition coefficient (Wildman–Crippen LogP) is 1.23. The third-order valence-electron chi connectivity index (χ3n) is 1.41. The molecule has 7 heteroatoms. The molecule has 0 bridgehead atoms. The van der Waals surface area contributed by atoms with Gasteiger partial charge < -0.3 is 10.5 Å². The lowest BCUT2D eigenvalue weighted by Gasteiger charge is -2.04. The molecule has 6 nitrogen and oxygen atoms in total. The lowest BCUT2D eigenvalue weighted by Crippen LogP contribution is -2.00. The Morgan fingerprint density at radius 3 is 2.85 bits per heavy atom. The van der Waals surface area contributed by atoms with Crippen molar-refractivity contribution >= 4 is 23.0 Å². The molecule has 0 aromatic carbocycles. The summed E-state index contributed by atoms with van der Waals surface area (Å²) in [5, 5.41) is 10.4. The molecule has 70 valence electrons. The SMILES string of the molecule is COc1c(Cl)ncc([N+](=O)[O-])c1N. The van der Waals surface area contributed by atoms with Crippen LogP contribution in [0, 0.1) is 10.1 Å².